The van der Waals surface area contributed by atoms with Crippen molar-refractivity contribution < 1.29 is 0 Å². The van der Waals surface area contributed by atoms with Crippen LogP contribution in [0.3, 0.4) is 0 Å². The average molecular weight is 671 g/mol. The third-order valence-electron chi connectivity index (χ3n) is 11.5. The van der Waals surface area contributed by atoms with Crippen LogP contribution in [0.25, 0.3) is 64.0 Å². The second-order valence-corrected chi connectivity index (χ2v) is 15.2. The zero-order valence-electron chi connectivity index (χ0n) is 28.8. The Balaban J connectivity index is 1.29. The van der Waals surface area contributed by atoms with Crippen molar-refractivity contribution in [3.8, 4) is 22.3 Å². The van der Waals surface area contributed by atoms with Gasteiger partial charge in [-0.2, -0.15) is 0 Å². The molecule has 9 aromatic rings. The minimum Gasteiger partial charge on any atom is -0.134 e. The monoisotopic (exact) mass is 670 g/mol. The Labute approximate surface area is 303 Å². The Morgan fingerprint density at radius 3 is 2.08 bits per heavy atom. The first kappa shape index (κ1) is 30.3. The van der Waals surface area contributed by atoms with Crippen LogP contribution in [0, 0.1) is 6.92 Å². The molecule has 0 saturated heterocycles. The van der Waals surface area contributed by atoms with Gasteiger partial charge in [-0.25, -0.2) is 0 Å². The van der Waals surface area contributed by atoms with E-state index in [1.807, 2.05) is 11.3 Å². The summed E-state index contributed by atoms with van der Waals surface area (Å²) in [4.78, 5) is 0. The predicted octanol–water partition coefficient (Wildman–Crippen LogP) is 13.9. The smallest absolute Gasteiger partial charge is 0.0440 e. The maximum Gasteiger partial charge on any atom is 0.0440 e. The van der Waals surface area contributed by atoms with Gasteiger partial charge in [0.2, 0.25) is 0 Å². The van der Waals surface area contributed by atoms with Gasteiger partial charge in [0.15, 0.2) is 0 Å². The highest BCUT2D eigenvalue weighted by molar-refractivity contribution is 7.27. The van der Waals surface area contributed by atoms with Crippen LogP contribution in [0.1, 0.15) is 45.7 Å². The quantitative estimate of drug-likeness (QED) is 0.171. The normalized spacial score (nSPS) is 14.2. The van der Waals surface area contributed by atoms with Crippen LogP contribution < -0.4 is 0 Å². The molecule has 0 N–H and O–H groups in total. The van der Waals surface area contributed by atoms with Gasteiger partial charge in [-0.1, -0.05) is 158 Å². The Bertz CT molecular complexity index is 2750. The Morgan fingerprint density at radius 1 is 0.529 bits per heavy atom. The lowest BCUT2D eigenvalue weighted by Gasteiger charge is -2.24. The molecule has 1 unspecified atom stereocenters. The fourth-order valence-corrected chi connectivity index (χ4v) is 10.5. The molecule has 1 aliphatic carbocycles. The van der Waals surface area contributed by atoms with E-state index in [4.69, 9.17) is 0 Å². The van der Waals surface area contributed by atoms with Gasteiger partial charge in [-0.05, 0) is 110 Å². The average Bonchev–Trinajstić information content (AvgIpc) is 3.50. The van der Waals surface area contributed by atoms with Crippen molar-refractivity contribution in [3.05, 3.63) is 191 Å². The first-order valence-electron chi connectivity index (χ1n) is 18.3. The van der Waals surface area contributed by atoms with Crippen molar-refractivity contribution in [2.75, 3.05) is 0 Å². The maximum atomic E-state index is 2.49. The number of hydrogen-bond donors (Lipinski definition) is 0. The molecule has 1 atom stereocenters. The van der Waals surface area contributed by atoms with E-state index in [0.29, 0.717) is 5.92 Å². The molecule has 0 amide bonds. The van der Waals surface area contributed by atoms with E-state index in [1.54, 1.807) is 0 Å². The third kappa shape index (κ3) is 4.94. The predicted molar refractivity (Wildman–Crippen MR) is 220 cm³/mol. The van der Waals surface area contributed by atoms with Crippen molar-refractivity contribution in [2.45, 2.75) is 38.5 Å². The van der Waals surface area contributed by atoms with Gasteiger partial charge in [0.25, 0.3) is 0 Å². The fraction of sp³-hybridized carbons (Fsp3) is 0.120. The summed E-state index contributed by atoms with van der Waals surface area (Å²) in [6.07, 6.45) is 4.16. The van der Waals surface area contributed by atoms with Crippen molar-refractivity contribution in [3.63, 3.8) is 0 Å². The molecule has 1 heterocycles. The minimum absolute atomic E-state index is 0.314. The van der Waals surface area contributed by atoms with Crippen molar-refractivity contribution in [2.24, 2.45) is 0 Å². The summed E-state index contributed by atoms with van der Waals surface area (Å²) in [5.41, 5.74) is 14.2. The van der Waals surface area contributed by atoms with Gasteiger partial charge in [-0.3, -0.25) is 0 Å². The number of aryl methyl sites for hydroxylation is 3. The van der Waals surface area contributed by atoms with Crippen molar-refractivity contribution in [1.29, 1.82) is 0 Å². The molecule has 10 rings (SSSR count). The first-order valence-corrected chi connectivity index (χ1v) is 19.1. The van der Waals surface area contributed by atoms with Crippen molar-refractivity contribution >= 4 is 53.1 Å². The molecule has 0 aliphatic heterocycles. The van der Waals surface area contributed by atoms with Crippen LogP contribution in [0.5, 0.6) is 0 Å². The summed E-state index contributed by atoms with van der Waals surface area (Å²) in [6, 6.07) is 59.1. The molecule has 0 bridgehead atoms. The van der Waals surface area contributed by atoms with Crippen LogP contribution in [0.4, 0.5) is 0 Å². The largest absolute Gasteiger partial charge is 0.134 e. The fourth-order valence-electron chi connectivity index (χ4n) is 9.08. The highest BCUT2D eigenvalue weighted by Crippen LogP contribution is 2.54. The SMILES string of the molecule is Cc1c(-c2ccccc2CCc2ccccc2)ccc2c1-c1c(c3ccccc3c3sc4c5ccccc5ccc4c13)CCC2c1ccccc1. The molecular weight excluding hydrogens is 633 g/mol. The molecule has 0 radical (unpaired) electrons. The molecule has 1 aliphatic rings. The van der Waals surface area contributed by atoms with Crippen LogP contribution >= 0.6 is 11.3 Å². The Hall–Kier alpha value is -5.50. The van der Waals surface area contributed by atoms with E-state index in [-0.39, 0.29) is 0 Å². The van der Waals surface area contributed by atoms with Gasteiger partial charge in [0.05, 0.1) is 0 Å². The summed E-state index contributed by atoms with van der Waals surface area (Å²) in [6.45, 7) is 2.41. The van der Waals surface area contributed by atoms with Gasteiger partial charge < -0.3 is 0 Å². The van der Waals surface area contributed by atoms with Crippen LogP contribution in [-0.2, 0) is 19.3 Å². The highest BCUT2D eigenvalue weighted by Gasteiger charge is 2.30. The van der Waals surface area contributed by atoms with Gasteiger partial charge >= 0.3 is 0 Å². The number of rotatable bonds is 5. The topological polar surface area (TPSA) is 0 Å². The number of fused-ring (bicyclic) bond motifs is 12. The first-order chi connectivity index (χ1) is 25.2. The molecule has 1 aromatic heterocycles. The van der Waals surface area contributed by atoms with Gasteiger partial charge in [0, 0.05) is 26.1 Å². The number of benzene rings is 8. The highest BCUT2D eigenvalue weighted by atomic mass is 32.1. The molecule has 8 aromatic carbocycles. The Morgan fingerprint density at radius 2 is 1.24 bits per heavy atom. The van der Waals surface area contributed by atoms with Gasteiger partial charge in [-0.15, -0.1) is 11.3 Å². The zero-order valence-corrected chi connectivity index (χ0v) is 29.6. The minimum atomic E-state index is 0.314. The summed E-state index contributed by atoms with van der Waals surface area (Å²) < 4.78 is 2.81. The Kier molecular flexibility index (Phi) is 7.36. The van der Waals surface area contributed by atoms with E-state index < -0.39 is 0 Å². The van der Waals surface area contributed by atoms with Crippen molar-refractivity contribution in [1.82, 2.24) is 0 Å². The zero-order chi connectivity index (χ0) is 33.9. The molecule has 244 valence electrons. The standard InChI is InChI=1S/C50H38S/c1-32-37(38-20-10-8-18-35(38)25-24-33-14-4-2-5-15-33)28-30-42-39(34-16-6-3-7-17-34)29-31-43-41-22-12-13-23-44(41)50-48(47(43)46(32)42)45-27-26-36-19-9-11-21-40(36)49(45)51-50/h2-23,26-28,30,39H,24-25,29,31H2,1H3. The molecular formula is C50H38S. The van der Waals surface area contributed by atoms with E-state index in [2.05, 4.69) is 165 Å². The lowest BCUT2D eigenvalue weighted by atomic mass is 9.80. The summed E-state index contributed by atoms with van der Waals surface area (Å²) in [5, 5.41) is 8.26. The lowest BCUT2D eigenvalue weighted by molar-refractivity contribution is 0.728. The maximum absolute atomic E-state index is 2.49. The lowest BCUT2D eigenvalue weighted by Crippen LogP contribution is -2.04. The molecule has 51 heavy (non-hydrogen) atoms. The van der Waals surface area contributed by atoms with Crippen LogP contribution in [0.2, 0.25) is 0 Å². The van der Waals surface area contributed by atoms with Crippen LogP contribution in [0.15, 0.2) is 158 Å². The summed E-state index contributed by atoms with van der Waals surface area (Å²) in [7, 11) is 0. The second kappa shape index (κ2) is 12.4. The molecule has 0 saturated carbocycles. The second-order valence-electron chi connectivity index (χ2n) is 14.2. The molecule has 0 nitrogen and oxygen atoms in total. The third-order valence-corrected chi connectivity index (χ3v) is 12.7. The number of thiophene rings is 1. The van der Waals surface area contributed by atoms with E-state index >= 15 is 0 Å². The van der Waals surface area contributed by atoms with E-state index in [9.17, 15) is 0 Å². The van der Waals surface area contributed by atoms with Gasteiger partial charge in [0.1, 0.15) is 0 Å². The summed E-state index contributed by atoms with van der Waals surface area (Å²) in [5.74, 6) is 0.314. The molecule has 0 fully saturated rings. The molecule has 0 spiro atoms. The van der Waals surface area contributed by atoms with E-state index in [0.717, 1.165) is 25.7 Å². The number of hydrogen-bond acceptors (Lipinski definition) is 1. The van der Waals surface area contributed by atoms with E-state index in [1.165, 1.54) is 97.4 Å². The molecule has 1 heteroatoms. The summed E-state index contributed by atoms with van der Waals surface area (Å²) >= 11 is 1.99. The van der Waals surface area contributed by atoms with Crippen LogP contribution in [-0.4, -0.2) is 0 Å².